The molecular formula is C6H10N2OS. The Labute approximate surface area is 63.9 Å². The number of rotatable bonds is 0. The zero-order valence-electron chi connectivity index (χ0n) is 6.25. The van der Waals surface area contributed by atoms with Crippen LogP contribution < -0.4 is 0 Å². The average Bonchev–Trinajstić information content (AvgIpc) is 2.11. The number of aromatic hydroxyl groups is 1. The van der Waals surface area contributed by atoms with Gasteiger partial charge in [0.1, 0.15) is 5.01 Å². The fraction of sp³-hybridized carbons (Fsp3) is 0.667. The van der Waals surface area contributed by atoms with Gasteiger partial charge in [-0.05, 0) is 11.5 Å². The normalized spacial score (nSPS) is 11.9. The Morgan fingerprint density at radius 3 is 2.20 bits per heavy atom. The zero-order valence-corrected chi connectivity index (χ0v) is 7.07. The summed E-state index contributed by atoms with van der Waals surface area (Å²) in [6.07, 6.45) is 0. The highest BCUT2D eigenvalue weighted by molar-refractivity contribution is 7.05. The van der Waals surface area contributed by atoms with E-state index in [2.05, 4.69) is 9.36 Å². The summed E-state index contributed by atoms with van der Waals surface area (Å²) < 4.78 is 3.67. The van der Waals surface area contributed by atoms with Gasteiger partial charge in [0.2, 0.25) is 0 Å². The van der Waals surface area contributed by atoms with Crippen molar-refractivity contribution in [2.75, 3.05) is 0 Å². The van der Waals surface area contributed by atoms with E-state index >= 15 is 0 Å². The van der Waals surface area contributed by atoms with Gasteiger partial charge < -0.3 is 5.11 Å². The molecule has 3 nitrogen and oxygen atoms in total. The van der Waals surface area contributed by atoms with Crippen molar-refractivity contribution in [3.8, 4) is 6.01 Å². The van der Waals surface area contributed by atoms with Crippen molar-refractivity contribution in [3.05, 3.63) is 5.01 Å². The van der Waals surface area contributed by atoms with E-state index in [0.29, 0.717) is 0 Å². The first-order valence-electron chi connectivity index (χ1n) is 3.03. The molecule has 0 aliphatic rings. The first-order valence-corrected chi connectivity index (χ1v) is 3.80. The van der Waals surface area contributed by atoms with Crippen LogP contribution in [-0.2, 0) is 5.41 Å². The molecule has 0 unspecified atom stereocenters. The van der Waals surface area contributed by atoms with E-state index < -0.39 is 0 Å². The summed E-state index contributed by atoms with van der Waals surface area (Å²) in [6.45, 7) is 6.10. The van der Waals surface area contributed by atoms with Crippen LogP contribution in [0, 0.1) is 0 Å². The molecule has 1 aromatic heterocycles. The fourth-order valence-electron chi connectivity index (χ4n) is 0.520. The van der Waals surface area contributed by atoms with Crippen molar-refractivity contribution in [3.63, 3.8) is 0 Å². The van der Waals surface area contributed by atoms with Gasteiger partial charge in [-0.1, -0.05) is 20.8 Å². The van der Waals surface area contributed by atoms with Crippen molar-refractivity contribution < 1.29 is 5.11 Å². The molecule has 10 heavy (non-hydrogen) atoms. The molecular weight excluding hydrogens is 148 g/mol. The van der Waals surface area contributed by atoms with Crippen molar-refractivity contribution in [1.82, 2.24) is 9.36 Å². The fourth-order valence-corrected chi connectivity index (χ4v) is 1.13. The molecule has 56 valence electrons. The van der Waals surface area contributed by atoms with E-state index in [1.165, 1.54) is 11.5 Å². The summed E-state index contributed by atoms with van der Waals surface area (Å²) in [7, 11) is 0. The second-order valence-electron chi connectivity index (χ2n) is 3.15. The predicted molar refractivity (Wildman–Crippen MR) is 40.3 cm³/mol. The topological polar surface area (TPSA) is 46.0 Å². The molecule has 0 aliphatic carbocycles. The van der Waals surface area contributed by atoms with E-state index in [0.717, 1.165) is 5.01 Å². The van der Waals surface area contributed by atoms with E-state index in [-0.39, 0.29) is 11.4 Å². The lowest BCUT2D eigenvalue weighted by Gasteiger charge is -2.11. The molecule has 0 saturated carbocycles. The Balaban J connectivity index is 2.96. The maximum absolute atomic E-state index is 8.80. The van der Waals surface area contributed by atoms with Gasteiger partial charge in [0, 0.05) is 5.41 Å². The van der Waals surface area contributed by atoms with Gasteiger partial charge in [-0.15, -0.1) is 4.37 Å². The lowest BCUT2D eigenvalue weighted by molar-refractivity contribution is 0.432. The molecule has 0 radical (unpaired) electrons. The van der Waals surface area contributed by atoms with Crippen LogP contribution in [0.2, 0.25) is 0 Å². The van der Waals surface area contributed by atoms with E-state index in [9.17, 15) is 0 Å². The summed E-state index contributed by atoms with van der Waals surface area (Å²) in [4.78, 5) is 3.84. The minimum Gasteiger partial charge on any atom is -0.478 e. The first kappa shape index (κ1) is 7.47. The summed E-state index contributed by atoms with van der Waals surface area (Å²) in [5, 5.41) is 9.67. The summed E-state index contributed by atoms with van der Waals surface area (Å²) in [6, 6.07) is -0.116. The highest BCUT2D eigenvalue weighted by Crippen LogP contribution is 2.24. The van der Waals surface area contributed by atoms with Crippen LogP contribution in [0.15, 0.2) is 0 Å². The second-order valence-corrected chi connectivity index (χ2v) is 3.90. The highest BCUT2D eigenvalue weighted by Gasteiger charge is 2.18. The molecule has 0 atom stereocenters. The molecule has 0 aromatic carbocycles. The summed E-state index contributed by atoms with van der Waals surface area (Å²) in [5.74, 6) is 0. The lowest BCUT2D eigenvalue weighted by atomic mass is 9.98. The molecule has 0 aliphatic heterocycles. The molecule has 0 fully saturated rings. The predicted octanol–water partition coefficient (Wildman–Crippen LogP) is 1.54. The maximum Gasteiger partial charge on any atom is 0.326 e. The van der Waals surface area contributed by atoms with Gasteiger partial charge in [0.25, 0.3) is 0 Å². The molecule has 0 spiro atoms. The second kappa shape index (κ2) is 2.20. The Bertz CT molecular complexity index is 226. The Kier molecular flexibility index (Phi) is 1.64. The van der Waals surface area contributed by atoms with Crippen LogP contribution in [0.4, 0.5) is 0 Å². The molecule has 1 aromatic rings. The van der Waals surface area contributed by atoms with Gasteiger partial charge in [-0.2, -0.15) is 4.98 Å². The molecule has 0 amide bonds. The summed E-state index contributed by atoms with van der Waals surface area (Å²) >= 11 is 1.25. The number of hydrogen-bond acceptors (Lipinski definition) is 4. The summed E-state index contributed by atoms with van der Waals surface area (Å²) in [5.41, 5.74) is -0.00134. The lowest BCUT2D eigenvalue weighted by Crippen LogP contribution is -2.09. The van der Waals surface area contributed by atoms with Crippen molar-refractivity contribution >= 4 is 11.5 Å². The molecule has 1 rings (SSSR count). The van der Waals surface area contributed by atoms with E-state index in [1.54, 1.807) is 0 Å². The minimum atomic E-state index is -0.116. The third kappa shape index (κ3) is 1.44. The molecule has 0 bridgehead atoms. The van der Waals surface area contributed by atoms with Gasteiger partial charge >= 0.3 is 6.01 Å². The largest absolute Gasteiger partial charge is 0.478 e. The van der Waals surface area contributed by atoms with Crippen LogP contribution in [-0.4, -0.2) is 14.5 Å². The van der Waals surface area contributed by atoms with Gasteiger partial charge in [-0.25, -0.2) is 0 Å². The van der Waals surface area contributed by atoms with Crippen LogP contribution in [0.25, 0.3) is 0 Å². The van der Waals surface area contributed by atoms with Gasteiger partial charge in [-0.3, -0.25) is 0 Å². The SMILES string of the molecule is CC(C)(C)c1nc(O)ns1. The number of nitrogens with zero attached hydrogens (tertiary/aromatic N) is 2. The third-order valence-corrected chi connectivity index (χ3v) is 2.19. The van der Waals surface area contributed by atoms with Gasteiger partial charge in [0.15, 0.2) is 0 Å². The highest BCUT2D eigenvalue weighted by atomic mass is 32.1. The monoisotopic (exact) mass is 158 g/mol. The first-order chi connectivity index (χ1) is 4.50. The number of hydrogen-bond donors (Lipinski definition) is 1. The Hall–Kier alpha value is -0.640. The quantitative estimate of drug-likeness (QED) is 0.623. The number of aromatic nitrogens is 2. The minimum absolute atomic E-state index is 0.00134. The average molecular weight is 158 g/mol. The van der Waals surface area contributed by atoms with E-state index in [1.807, 2.05) is 20.8 Å². The molecule has 0 saturated heterocycles. The van der Waals surface area contributed by atoms with Gasteiger partial charge in [0.05, 0.1) is 0 Å². The molecule has 1 heterocycles. The van der Waals surface area contributed by atoms with Crippen molar-refractivity contribution in [2.24, 2.45) is 0 Å². The van der Waals surface area contributed by atoms with Crippen LogP contribution >= 0.6 is 11.5 Å². The maximum atomic E-state index is 8.80. The molecule has 4 heteroatoms. The Morgan fingerprint density at radius 1 is 1.40 bits per heavy atom. The Morgan fingerprint density at radius 2 is 2.00 bits per heavy atom. The van der Waals surface area contributed by atoms with Crippen LogP contribution in [0.1, 0.15) is 25.8 Å². The molecule has 1 N–H and O–H groups in total. The smallest absolute Gasteiger partial charge is 0.326 e. The van der Waals surface area contributed by atoms with Crippen molar-refractivity contribution in [1.29, 1.82) is 0 Å². The van der Waals surface area contributed by atoms with E-state index in [4.69, 9.17) is 5.11 Å². The van der Waals surface area contributed by atoms with Crippen molar-refractivity contribution in [2.45, 2.75) is 26.2 Å². The standard InChI is InChI=1S/C6H10N2OS/c1-6(2,3)4-7-5(9)8-10-4/h1-3H3,(H,8,9). The third-order valence-electron chi connectivity index (χ3n) is 1.06. The zero-order chi connectivity index (χ0) is 7.78. The van der Waals surface area contributed by atoms with Crippen LogP contribution in [0.3, 0.4) is 0 Å². The van der Waals surface area contributed by atoms with Crippen LogP contribution in [0.5, 0.6) is 6.01 Å².